The van der Waals surface area contributed by atoms with Gasteiger partial charge in [0.1, 0.15) is 5.60 Å². The second-order valence-electron chi connectivity index (χ2n) is 5.23. The summed E-state index contributed by atoms with van der Waals surface area (Å²) >= 11 is 0. The van der Waals surface area contributed by atoms with Gasteiger partial charge in [-0.15, -0.1) is 0 Å². The van der Waals surface area contributed by atoms with Gasteiger partial charge >= 0.3 is 0 Å². The average molecular weight is 209 g/mol. The van der Waals surface area contributed by atoms with Crippen molar-refractivity contribution in [1.82, 2.24) is 0 Å². The number of hydrogen-bond acceptors (Lipinski definition) is 3. The molecular formula is C12H19NO2. The molecule has 0 aromatic carbocycles. The van der Waals surface area contributed by atoms with E-state index in [9.17, 15) is 10.4 Å². The molecule has 1 aliphatic heterocycles. The Bertz CT molecular complexity index is 278. The van der Waals surface area contributed by atoms with Crippen molar-refractivity contribution in [3.63, 3.8) is 0 Å². The van der Waals surface area contributed by atoms with Crippen molar-refractivity contribution in [2.45, 2.75) is 44.6 Å². The third-order valence-corrected chi connectivity index (χ3v) is 4.09. The lowest BCUT2D eigenvalue weighted by molar-refractivity contribution is -0.142. The molecular weight excluding hydrogens is 190 g/mol. The molecule has 0 spiro atoms. The maximum Gasteiger partial charge on any atom is 0.107 e. The Morgan fingerprint density at radius 2 is 2.27 bits per heavy atom. The summed E-state index contributed by atoms with van der Waals surface area (Å²) in [6, 6.07) is 2.39. The molecule has 0 bridgehead atoms. The summed E-state index contributed by atoms with van der Waals surface area (Å²) in [4.78, 5) is 0. The number of nitriles is 1. The average Bonchev–Trinajstić information content (AvgIpc) is 2.63. The fourth-order valence-corrected chi connectivity index (χ4v) is 3.08. The van der Waals surface area contributed by atoms with E-state index in [1.165, 1.54) is 0 Å². The molecule has 1 N–H and O–H groups in total. The normalized spacial score (nSPS) is 46.3. The van der Waals surface area contributed by atoms with Crippen LogP contribution in [0.15, 0.2) is 0 Å². The SMILES string of the molecule is CC1CCC(C#N)(C2(O)CCCOC2)C1. The molecule has 2 fully saturated rings. The van der Waals surface area contributed by atoms with Gasteiger partial charge in [-0.3, -0.25) is 0 Å². The molecule has 3 unspecified atom stereocenters. The van der Waals surface area contributed by atoms with Gasteiger partial charge in [-0.2, -0.15) is 5.26 Å². The highest BCUT2D eigenvalue weighted by atomic mass is 16.5. The third-order valence-electron chi connectivity index (χ3n) is 4.09. The first kappa shape index (κ1) is 10.9. The summed E-state index contributed by atoms with van der Waals surface area (Å²) in [6.45, 7) is 3.22. The predicted octanol–water partition coefficient (Wildman–Crippen LogP) is 1.86. The summed E-state index contributed by atoms with van der Waals surface area (Å²) in [5.74, 6) is 0.551. The lowest BCUT2D eigenvalue weighted by Gasteiger charge is -2.42. The zero-order chi connectivity index (χ0) is 10.9. The molecule has 15 heavy (non-hydrogen) atoms. The van der Waals surface area contributed by atoms with E-state index in [1.807, 2.05) is 0 Å². The molecule has 0 aromatic rings. The van der Waals surface area contributed by atoms with E-state index >= 15 is 0 Å². The fraction of sp³-hybridized carbons (Fsp3) is 0.917. The first-order valence-electron chi connectivity index (χ1n) is 5.83. The highest BCUT2D eigenvalue weighted by Gasteiger charge is 2.54. The Morgan fingerprint density at radius 3 is 2.73 bits per heavy atom. The van der Waals surface area contributed by atoms with E-state index in [0.717, 1.165) is 32.3 Å². The van der Waals surface area contributed by atoms with Crippen LogP contribution >= 0.6 is 0 Å². The molecule has 3 nitrogen and oxygen atoms in total. The first-order chi connectivity index (χ1) is 7.12. The minimum Gasteiger partial charge on any atom is -0.386 e. The number of nitrogens with zero attached hydrogens (tertiary/aromatic N) is 1. The molecule has 0 radical (unpaired) electrons. The van der Waals surface area contributed by atoms with Gasteiger partial charge in [0.2, 0.25) is 0 Å². The number of rotatable bonds is 1. The Hall–Kier alpha value is -0.590. The third kappa shape index (κ3) is 1.66. The van der Waals surface area contributed by atoms with Gasteiger partial charge in [-0.05, 0) is 38.0 Å². The maximum absolute atomic E-state index is 10.6. The van der Waals surface area contributed by atoms with Crippen molar-refractivity contribution >= 4 is 0 Å². The van der Waals surface area contributed by atoms with E-state index < -0.39 is 11.0 Å². The van der Waals surface area contributed by atoms with Gasteiger partial charge in [-0.25, -0.2) is 0 Å². The van der Waals surface area contributed by atoms with Gasteiger partial charge in [0.05, 0.1) is 18.1 Å². The lowest BCUT2D eigenvalue weighted by Crippen LogP contribution is -2.52. The van der Waals surface area contributed by atoms with Gasteiger partial charge in [0.15, 0.2) is 0 Å². The summed E-state index contributed by atoms with van der Waals surface area (Å²) in [5.41, 5.74) is -1.45. The van der Waals surface area contributed by atoms with E-state index in [4.69, 9.17) is 4.74 Å². The molecule has 0 amide bonds. The van der Waals surface area contributed by atoms with Crippen LogP contribution in [-0.2, 0) is 4.74 Å². The Morgan fingerprint density at radius 1 is 1.47 bits per heavy atom. The van der Waals surface area contributed by atoms with Crippen LogP contribution in [0.3, 0.4) is 0 Å². The van der Waals surface area contributed by atoms with Crippen molar-refractivity contribution in [2.75, 3.05) is 13.2 Å². The van der Waals surface area contributed by atoms with E-state index in [2.05, 4.69) is 13.0 Å². The minimum absolute atomic E-state index is 0.341. The zero-order valence-electron chi connectivity index (χ0n) is 9.33. The Labute approximate surface area is 91.0 Å². The molecule has 0 aromatic heterocycles. The molecule has 3 atom stereocenters. The Balaban J connectivity index is 2.22. The summed E-state index contributed by atoms with van der Waals surface area (Å²) in [5, 5.41) is 20.0. The van der Waals surface area contributed by atoms with Gasteiger partial charge in [0.25, 0.3) is 0 Å². The minimum atomic E-state index is -0.898. The van der Waals surface area contributed by atoms with Crippen LogP contribution in [0.2, 0.25) is 0 Å². The van der Waals surface area contributed by atoms with Crippen LogP contribution in [0.1, 0.15) is 39.0 Å². The second-order valence-corrected chi connectivity index (χ2v) is 5.23. The second kappa shape index (κ2) is 3.77. The van der Waals surface area contributed by atoms with E-state index in [-0.39, 0.29) is 0 Å². The number of ether oxygens (including phenoxy) is 1. The molecule has 2 aliphatic rings. The topological polar surface area (TPSA) is 53.2 Å². The number of hydrogen-bond donors (Lipinski definition) is 1. The maximum atomic E-state index is 10.6. The van der Waals surface area contributed by atoms with Crippen LogP contribution in [0.4, 0.5) is 0 Å². The molecule has 1 heterocycles. The molecule has 1 saturated carbocycles. The van der Waals surface area contributed by atoms with Crippen LogP contribution < -0.4 is 0 Å². The lowest BCUT2D eigenvalue weighted by atomic mass is 9.68. The van der Waals surface area contributed by atoms with E-state index in [1.54, 1.807) is 0 Å². The molecule has 3 heteroatoms. The Kier molecular flexibility index (Phi) is 2.74. The fourth-order valence-electron chi connectivity index (χ4n) is 3.08. The summed E-state index contributed by atoms with van der Waals surface area (Å²) < 4.78 is 5.36. The van der Waals surface area contributed by atoms with Crippen molar-refractivity contribution < 1.29 is 9.84 Å². The monoisotopic (exact) mass is 209 g/mol. The summed E-state index contributed by atoms with van der Waals surface area (Å²) in [7, 11) is 0. The van der Waals surface area contributed by atoms with Crippen molar-refractivity contribution in [2.24, 2.45) is 11.3 Å². The van der Waals surface area contributed by atoms with Crippen LogP contribution in [0.25, 0.3) is 0 Å². The molecule has 84 valence electrons. The quantitative estimate of drug-likeness (QED) is 0.717. The van der Waals surface area contributed by atoms with Crippen LogP contribution in [0.5, 0.6) is 0 Å². The van der Waals surface area contributed by atoms with E-state index in [0.29, 0.717) is 18.9 Å². The zero-order valence-corrected chi connectivity index (χ0v) is 9.33. The molecule has 1 aliphatic carbocycles. The standard InChI is InChI=1S/C12H19NO2/c1-10-3-5-11(7-10,8-13)12(14)4-2-6-15-9-12/h10,14H,2-7,9H2,1H3. The largest absolute Gasteiger partial charge is 0.386 e. The van der Waals surface area contributed by atoms with Crippen LogP contribution in [-0.4, -0.2) is 23.9 Å². The molecule has 2 rings (SSSR count). The predicted molar refractivity (Wildman–Crippen MR) is 56.1 cm³/mol. The van der Waals surface area contributed by atoms with Crippen molar-refractivity contribution in [1.29, 1.82) is 5.26 Å². The van der Waals surface area contributed by atoms with Crippen LogP contribution in [0, 0.1) is 22.7 Å². The van der Waals surface area contributed by atoms with Gasteiger partial charge < -0.3 is 9.84 Å². The first-order valence-corrected chi connectivity index (χ1v) is 5.83. The number of aliphatic hydroxyl groups is 1. The highest BCUT2D eigenvalue weighted by Crippen LogP contribution is 2.51. The van der Waals surface area contributed by atoms with Gasteiger partial charge in [-0.1, -0.05) is 6.92 Å². The van der Waals surface area contributed by atoms with Crippen molar-refractivity contribution in [3.8, 4) is 6.07 Å². The molecule has 1 saturated heterocycles. The highest BCUT2D eigenvalue weighted by molar-refractivity contribution is 5.15. The smallest absolute Gasteiger partial charge is 0.107 e. The van der Waals surface area contributed by atoms with Gasteiger partial charge in [0, 0.05) is 6.61 Å². The van der Waals surface area contributed by atoms with Crippen molar-refractivity contribution in [3.05, 3.63) is 0 Å². The summed E-state index contributed by atoms with van der Waals surface area (Å²) in [6.07, 6.45) is 4.28.